The first-order valence-electron chi connectivity index (χ1n) is 6.70. The van der Waals surface area contributed by atoms with Gasteiger partial charge in [0.2, 0.25) is 0 Å². The molecule has 0 aromatic heterocycles. The van der Waals surface area contributed by atoms with Gasteiger partial charge in [0.1, 0.15) is 5.82 Å². The van der Waals surface area contributed by atoms with Gasteiger partial charge in [-0.05, 0) is 54.5 Å². The molecule has 3 rings (SSSR count). The summed E-state index contributed by atoms with van der Waals surface area (Å²) in [5, 5.41) is 7.76. The Bertz CT molecular complexity index is 735. The van der Waals surface area contributed by atoms with Crippen molar-refractivity contribution in [1.82, 2.24) is 10.6 Å². The molecule has 2 N–H and O–H groups in total. The number of nitrogens with one attached hydrogen (secondary N) is 2. The molecule has 1 fully saturated rings. The highest BCUT2D eigenvalue weighted by Crippen LogP contribution is 2.39. The maximum Gasteiger partial charge on any atom is 0.167 e. The molecule has 22 heavy (non-hydrogen) atoms. The highest BCUT2D eigenvalue weighted by atomic mass is 35.5. The fraction of sp³-hybridized carbons (Fsp3) is 0.188. The zero-order valence-electron chi connectivity index (χ0n) is 11.7. The normalized spacial score (nSPS) is 24.0. The molecule has 0 aliphatic carbocycles. The zero-order chi connectivity index (χ0) is 15.9. The average Bonchev–Trinajstić information content (AvgIpc) is 2.79. The summed E-state index contributed by atoms with van der Waals surface area (Å²) >= 11 is 17.0. The first-order valence-corrected chi connectivity index (χ1v) is 7.86. The molecule has 1 heterocycles. The molecule has 2 aromatic carbocycles. The van der Waals surface area contributed by atoms with Crippen LogP contribution in [0.2, 0.25) is 10.0 Å². The van der Waals surface area contributed by atoms with E-state index in [1.807, 2.05) is 31.2 Å². The van der Waals surface area contributed by atoms with Crippen LogP contribution in [-0.2, 0) is 5.54 Å². The predicted octanol–water partition coefficient (Wildman–Crippen LogP) is 4.57. The van der Waals surface area contributed by atoms with E-state index in [2.05, 4.69) is 10.6 Å². The number of thiocarbonyl (C=S) groups is 1. The Kier molecular flexibility index (Phi) is 4.02. The smallest absolute Gasteiger partial charge is 0.167 e. The van der Waals surface area contributed by atoms with Gasteiger partial charge >= 0.3 is 0 Å². The van der Waals surface area contributed by atoms with Crippen molar-refractivity contribution in [2.24, 2.45) is 0 Å². The van der Waals surface area contributed by atoms with Gasteiger partial charge in [-0.25, -0.2) is 4.39 Å². The Morgan fingerprint density at radius 3 is 2.45 bits per heavy atom. The summed E-state index contributed by atoms with van der Waals surface area (Å²) < 4.78 is 13.8. The van der Waals surface area contributed by atoms with Crippen LogP contribution in [0.25, 0.3) is 0 Å². The van der Waals surface area contributed by atoms with Crippen LogP contribution in [0.15, 0.2) is 42.5 Å². The third kappa shape index (κ3) is 2.67. The second-order valence-corrected chi connectivity index (χ2v) is 6.67. The Hall–Kier alpha value is -1.36. The molecule has 1 aliphatic heterocycles. The molecular formula is C16H13Cl2FN2S. The quantitative estimate of drug-likeness (QED) is 0.772. The predicted molar refractivity (Wildman–Crippen MR) is 91.8 cm³/mol. The van der Waals surface area contributed by atoms with Gasteiger partial charge in [-0.2, -0.15) is 0 Å². The lowest BCUT2D eigenvalue weighted by Gasteiger charge is -2.31. The largest absolute Gasteiger partial charge is 0.353 e. The standard InChI is InChI=1S/C16H13Cl2FN2S/c1-16(10-3-5-11(17)6-4-10)14(20-15(22)21-16)9-2-7-12(18)13(19)8-9/h2-8,14H,1H3,(H2,20,21,22). The maximum absolute atomic E-state index is 13.8. The fourth-order valence-electron chi connectivity index (χ4n) is 2.76. The van der Waals surface area contributed by atoms with E-state index in [-0.39, 0.29) is 11.1 Å². The van der Waals surface area contributed by atoms with Crippen LogP contribution in [-0.4, -0.2) is 5.11 Å². The topological polar surface area (TPSA) is 24.1 Å². The van der Waals surface area contributed by atoms with Crippen LogP contribution in [0.4, 0.5) is 4.39 Å². The van der Waals surface area contributed by atoms with E-state index in [9.17, 15) is 4.39 Å². The van der Waals surface area contributed by atoms with Crippen molar-refractivity contribution < 1.29 is 4.39 Å². The third-order valence-electron chi connectivity index (χ3n) is 3.95. The number of hydrogen-bond donors (Lipinski definition) is 2. The van der Waals surface area contributed by atoms with Crippen LogP contribution >= 0.6 is 35.4 Å². The van der Waals surface area contributed by atoms with Crippen molar-refractivity contribution in [1.29, 1.82) is 0 Å². The lowest BCUT2D eigenvalue weighted by molar-refractivity contribution is 0.378. The molecule has 1 saturated heterocycles. The minimum Gasteiger partial charge on any atom is -0.353 e. The SMILES string of the molecule is CC1(c2ccc(Cl)cc2)NC(=S)NC1c1ccc(Cl)c(F)c1. The molecule has 2 aromatic rings. The van der Waals surface area contributed by atoms with Crippen molar-refractivity contribution in [3.63, 3.8) is 0 Å². The molecule has 0 spiro atoms. The number of hydrogen-bond acceptors (Lipinski definition) is 1. The summed E-state index contributed by atoms with van der Waals surface area (Å²) in [6, 6.07) is 12.1. The minimum absolute atomic E-state index is 0.102. The van der Waals surface area contributed by atoms with Crippen LogP contribution in [0.5, 0.6) is 0 Å². The molecule has 2 unspecified atom stereocenters. The van der Waals surface area contributed by atoms with Crippen LogP contribution in [0, 0.1) is 5.82 Å². The van der Waals surface area contributed by atoms with Gasteiger partial charge in [-0.1, -0.05) is 41.4 Å². The molecule has 6 heteroatoms. The Labute approximate surface area is 143 Å². The van der Waals surface area contributed by atoms with E-state index < -0.39 is 11.4 Å². The summed E-state index contributed by atoms with van der Waals surface area (Å²) in [6.45, 7) is 2.01. The molecular weight excluding hydrogens is 342 g/mol. The van der Waals surface area contributed by atoms with Crippen molar-refractivity contribution in [3.8, 4) is 0 Å². The summed E-state index contributed by atoms with van der Waals surface area (Å²) in [6.07, 6.45) is 0. The van der Waals surface area contributed by atoms with Gasteiger partial charge in [-0.3, -0.25) is 0 Å². The number of benzene rings is 2. The summed E-state index contributed by atoms with van der Waals surface area (Å²) in [5.74, 6) is -0.447. The lowest BCUT2D eigenvalue weighted by Crippen LogP contribution is -2.39. The van der Waals surface area contributed by atoms with Gasteiger partial charge in [0.15, 0.2) is 5.11 Å². The average molecular weight is 355 g/mol. The summed E-state index contributed by atoms with van der Waals surface area (Å²) in [7, 11) is 0. The van der Waals surface area contributed by atoms with E-state index in [0.29, 0.717) is 10.1 Å². The fourth-order valence-corrected chi connectivity index (χ4v) is 3.34. The molecule has 0 radical (unpaired) electrons. The highest BCUT2D eigenvalue weighted by molar-refractivity contribution is 7.80. The molecule has 0 amide bonds. The van der Waals surface area contributed by atoms with Gasteiger partial charge in [0.05, 0.1) is 16.6 Å². The molecule has 2 nitrogen and oxygen atoms in total. The van der Waals surface area contributed by atoms with Crippen LogP contribution in [0.1, 0.15) is 24.1 Å². The Morgan fingerprint density at radius 2 is 1.82 bits per heavy atom. The summed E-state index contributed by atoms with van der Waals surface area (Å²) in [5.41, 5.74) is 1.26. The van der Waals surface area contributed by atoms with Crippen molar-refractivity contribution in [2.75, 3.05) is 0 Å². The second-order valence-electron chi connectivity index (χ2n) is 5.41. The van der Waals surface area contributed by atoms with E-state index in [0.717, 1.165) is 11.1 Å². The van der Waals surface area contributed by atoms with Gasteiger partial charge < -0.3 is 10.6 Å². The van der Waals surface area contributed by atoms with Crippen LogP contribution in [0.3, 0.4) is 0 Å². The van der Waals surface area contributed by atoms with Gasteiger partial charge in [0.25, 0.3) is 0 Å². The first-order chi connectivity index (χ1) is 10.4. The molecule has 1 aliphatic rings. The van der Waals surface area contributed by atoms with Gasteiger partial charge in [-0.15, -0.1) is 0 Å². The maximum atomic E-state index is 13.8. The molecule has 114 valence electrons. The van der Waals surface area contributed by atoms with Crippen molar-refractivity contribution >= 4 is 40.5 Å². The van der Waals surface area contributed by atoms with E-state index >= 15 is 0 Å². The molecule has 0 saturated carbocycles. The van der Waals surface area contributed by atoms with Gasteiger partial charge in [0, 0.05) is 5.02 Å². The lowest BCUT2D eigenvalue weighted by atomic mass is 9.82. The minimum atomic E-state index is -0.512. The monoisotopic (exact) mass is 354 g/mol. The highest BCUT2D eigenvalue weighted by Gasteiger charge is 2.43. The molecule has 0 bridgehead atoms. The van der Waals surface area contributed by atoms with E-state index in [4.69, 9.17) is 35.4 Å². The first kappa shape index (κ1) is 15.5. The number of halogens is 3. The Morgan fingerprint density at radius 1 is 1.14 bits per heavy atom. The number of rotatable bonds is 2. The zero-order valence-corrected chi connectivity index (χ0v) is 14.0. The van der Waals surface area contributed by atoms with Crippen molar-refractivity contribution in [2.45, 2.75) is 18.5 Å². The summed E-state index contributed by atoms with van der Waals surface area (Å²) in [4.78, 5) is 0. The second kappa shape index (κ2) is 5.69. The van der Waals surface area contributed by atoms with Crippen LogP contribution < -0.4 is 10.6 Å². The van der Waals surface area contributed by atoms with E-state index in [1.165, 1.54) is 6.07 Å². The van der Waals surface area contributed by atoms with E-state index in [1.54, 1.807) is 12.1 Å². The van der Waals surface area contributed by atoms with Crippen molar-refractivity contribution in [3.05, 3.63) is 69.5 Å². The third-order valence-corrected chi connectivity index (χ3v) is 4.73. The molecule has 2 atom stereocenters. The Balaban J connectivity index is 2.06.